The lowest BCUT2D eigenvalue weighted by Crippen LogP contribution is -2.50. The standard InChI is InChI=1S/C24H30Cl2N2O2/c1-6-22(24(30)27-15(2)3)28(14-19-20(25)8-7-9-21(19)26)23(29)13-18-12-16(4)10-11-17(18)5/h7-12,15,22H,6,13-14H2,1-5H3,(H,27,30)/t22-/m0/s1. The number of hydrogen-bond donors (Lipinski definition) is 1. The van der Waals surface area contributed by atoms with Crippen molar-refractivity contribution in [3.05, 3.63) is 68.7 Å². The van der Waals surface area contributed by atoms with Crippen LogP contribution in [-0.2, 0) is 22.6 Å². The van der Waals surface area contributed by atoms with Crippen molar-refractivity contribution >= 4 is 35.0 Å². The molecule has 4 nitrogen and oxygen atoms in total. The van der Waals surface area contributed by atoms with Crippen LogP contribution in [0.3, 0.4) is 0 Å². The quantitative estimate of drug-likeness (QED) is 0.580. The minimum Gasteiger partial charge on any atom is -0.352 e. The van der Waals surface area contributed by atoms with Gasteiger partial charge >= 0.3 is 0 Å². The minimum atomic E-state index is -0.614. The van der Waals surface area contributed by atoms with Gasteiger partial charge in [-0.25, -0.2) is 0 Å². The van der Waals surface area contributed by atoms with Crippen LogP contribution >= 0.6 is 23.2 Å². The lowest BCUT2D eigenvalue weighted by molar-refractivity contribution is -0.141. The first kappa shape index (κ1) is 24.2. The van der Waals surface area contributed by atoms with Crippen molar-refractivity contribution in [2.45, 2.75) is 66.1 Å². The maximum Gasteiger partial charge on any atom is 0.243 e. The van der Waals surface area contributed by atoms with Gasteiger partial charge in [0.25, 0.3) is 0 Å². The smallest absolute Gasteiger partial charge is 0.243 e. The van der Waals surface area contributed by atoms with Crippen LogP contribution < -0.4 is 5.32 Å². The van der Waals surface area contributed by atoms with E-state index in [1.54, 1.807) is 23.1 Å². The van der Waals surface area contributed by atoms with Crippen LogP contribution in [0.2, 0.25) is 10.0 Å². The second-order valence-corrected chi connectivity index (χ2v) is 8.73. The van der Waals surface area contributed by atoms with E-state index in [-0.39, 0.29) is 30.8 Å². The molecule has 0 saturated heterocycles. The van der Waals surface area contributed by atoms with Gasteiger partial charge < -0.3 is 10.2 Å². The summed E-state index contributed by atoms with van der Waals surface area (Å²) >= 11 is 12.7. The maximum absolute atomic E-state index is 13.5. The van der Waals surface area contributed by atoms with E-state index >= 15 is 0 Å². The molecule has 30 heavy (non-hydrogen) atoms. The van der Waals surface area contributed by atoms with E-state index < -0.39 is 6.04 Å². The van der Waals surface area contributed by atoms with Crippen molar-refractivity contribution in [1.82, 2.24) is 10.2 Å². The average molecular weight is 449 g/mol. The van der Waals surface area contributed by atoms with Gasteiger partial charge in [-0.3, -0.25) is 9.59 Å². The molecule has 2 amide bonds. The van der Waals surface area contributed by atoms with E-state index in [4.69, 9.17) is 23.2 Å². The SMILES string of the molecule is CC[C@@H](C(=O)NC(C)C)N(Cc1c(Cl)cccc1Cl)C(=O)Cc1cc(C)ccc1C. The predicted octanol–water partition coefficient (Wildman–Crippen LogP) is 5.48. The molecule has 1 atom stereocenters. The van der Waals surface area contributed by atoms with Crippen LogP contribution in [0.15, 0.2) is 36.4 Å². The first-order valence-corrected chi connectivity index (χ1v) is 11.0. The van der Waals surface area contributed by atoms with E-state index in [1.165, 1.54) is 0 Å². The summed E-state index contributed by atoms with van der Waals surface area (Å²) in [6.07, 6.45) is 0.695. The normalized spacial score (nSPS) is 12.0. The molecule has 0 radical (unpaired) electrons. The summed E-state index contributed by atoms with van der Waals surface area (Å²) in [6, 6.07) is 10.7. The Morgan fingerprint density at radius 2 is 1.70 bits per heavy atom. The summed E-state index contributed by atoms with van der Waals surface area (Å²) in [5.74, 6) is -0.310. The number of nitrogens with one attached hydrogen (secondary N) is 1. The minimum absolute atomic E-state index is 0.0218. The Labute approximate surface area is 189 Å². The first-order chi connectivity index (χ1) is 14.1. The van der Waals surface area contributed by atoms with Gasteiger partial charge in [0.2, 0.25) is 11.8 Å². The molecule has 6 heteroatoms. The summed E-state index contributed by atoms with van der Waals surface area (Å²) < 4.78 is 0. The monoisotopic (exact) mass is 448 g/mol. The van der Waals surface area contributed by atoms with Gasteiger partial charge in [0.05, 0.1) is 6.42 Å². The fraction of sp³-hybridized carbons (Fsp3) is 0.417. The van der Waals surface area contributed by atoms with Crippen molar-refractivity contribution in [2.24, 2.45) is 0 Å². The average Bonchev–Trinajstić information content (AvgIpc) is 2.66. The molecule has 0 unspecified atom stereocenters. The van der Waals surface area contributed by atoms with Crippen LogP contribution in [0.5, 0.6) is 0 Å². The molecule has 0 aliphatic heterocycles. The lowest BCUT2D eigenvalue weighted by Gasteiger charge is -2.32. The third kappa shape index (κ3) is 6.23. The Hall–Kier alpha value is -2.04. The van der Waals surface area contributed by atoms with Crippen LogP contribution in [0.25, 0.3) is 0 Å². The van der Waals surface area contributed by atoms with Gasteiger partial charge in [-0.15, -0.1) is 0 Å². The number of halogens is 2. The number of nitrogens with zero attached hydrogens (tertiary/aromatic N) is 1. The maximum atomic E-state index is 13.5. The Balaban J connectivity index is 2.42. The first-order valence-electron chi connectivity index (χ1n) is 10.2. The van der Waals surface area contributed by atoms with E-state index in [0.29, 0.717) is 22.0 Å². The molecule has 2 aromatic rings. The van der Waals surface area contributed by atoms with Gasteiger partial charge in [-0.1, -0.05) is 60.0 Å². The molecule has 2 aromatic carbocycles. The van der Waals surface area contributed by atoms with E-state index in [9.17, 15) is 9.59 Å². The predicted molar refractivity (Wildman–Crippen MR) is 124 cm³/mol. The van der Waals surface area contributed by atoms with Gasteiger partial charge in [-0.05, 0) is 57.4 Å². The molecule has 162 valence electrons. The van der Waals surface area contributed by atoms with Gasteiger partial charge in [-0.2, -0.15) is 0 Å². The summed E-state index contributed by atoms with van der Waals surface area (Å²) in [4.78, 5) is 28.0. The van der Waals surface area contributed by atoms with Gasteiger partial charge in [0, 0.05) is 28.2 Å². The molecule has 0 aliphatic carbocycles. The van der Waals surface area contributed by atoms with Crippen molar-refractivity contribution in [3.8, 4) is 0 Å². The van der Waals surface area contributed by atoms with Crippen molar-refractivity contribution in [3.63, 3.8) is 0 Å². The van der Waals surface area contributed by atoms with E-state index in [2.05, 4.69) is 5.32 Å². The molecule has 1 N–H and O–H groups in total. The number of carbonyl (C=O) groups excluding carboxylic acids is 2. The second kappa shape index (κ2) is 10.8. The Morgan fingerprint density at radius 1 is 1.07 bits per heavy atom. The number of aryl methyl sites for hydroxylation is 2. The Bertz CT molecular complexity index is 892. The molecular formula is C24H30Cl2N2O2. The summed E-state index contributed by atoms with van der Waals surface area (Å²) in [6.45, 7) is 9.86. The van der Waals surface area contributed by atoms with Crippen LogP contribution in [0, 0.1) is 13.8 Å². The molecule has 0 spiro atoms. The third-order valence-electron chi connectivity index (χ3n) is 5.05. The zero-order valence-corrected chi connectivity index (χ0v) is 19.8. The van der Waals surface area contributed by atoms with Crippen molar-refractivity contribution in [2.75, 3.05) is 0 Å². The number of benzene rings is 2. The van der Waals surface area contributed by atoms with E-state index in [1.807, 2.05) is 52.8 Å². The Morgan fingerprint density at radius 3 is 2.27 bits per heavy atom. The molecule has 2 rings (SSSR count). The van der Waals surface area contributed by atoms with Crippen molar-refractivity contribution < 1.29 is 9.59 Å². The molecule has 0 aromatic heterocycles. The molecule has 0 fully saturated rings. The van der Waals surface area contributed by atoms with Gasteiger partial charge in [0.15, 0.2) is 0 Å². The van der Waals surface area contributed by atoms with Crippen LogP contribution in [0.4, 0.5) is 0 Å². The lowest BCUT2D eigenvalue weighted by atomic mass is 10.0. The summed E-state index contributed by atoms with van der Waals surface area (Å²) in [5, 5.41) is 3.89. The highest BCUT2D eigenvalue weighted by Crippen LogP contribution is 2.27. The fourth-order valence-electron chi connectivity index (χ4n) is 3.41. The largest absolute Gasteiger partial charge is 0.352 e. The molecule has 0 aliphatic rings. The molecule has 0 bridgehead atoms. The zero-order valence-electron chi connectivity index (χ0n) is 18.3. The highest BCUT2D eigenvalue weighted by atomic mass is 35.5. The van der Waals surface area contributed by atoms with Crippen LogP contribution in [0.1, 0.15) is 49.4 Å². The number of hydrogen-bond acceptors (Lipinski definition) is 2. The molecule has 0 heterocycles. The summed E-state index contributed by atoms with van der Waals surface area (Å²) in [5.41, 5.74) is 3.73. The number of amides is 2. The fourth-order valence-corrected chi connectivity index (χ4v) is 3.93. The highest BCUT2D eigenvalue weighted by molar-refractivity contribution is 6.36. The second-order valence-electron chi connectivity index (χ2n) is 7.92. The number of carbonyl (C=O) groups is 2. The van der Waals surface area contributed by atoms with E-state index in [0.717, 1.165) is 16.7 Å². The molecular weight excluding hydrogens is 419 g/mol. The number of rotatable bonds is 8. The van der Waals surface area contributed by atoms with Crippen molar-refractivity contribution in [1.29, 1.82) is 0 Å². The Kier molecular flexibility index (Phi) is 8.75. The third-order valence-corrected chi connectivity index (χ3v) is 5.76. The molecule has 0 saturated carbocycles. The topological polar surface area (TPSA) is 49.4 Å². The summed E-state index contributed by atoms with van der Waals surface area (Å²) in [7, 11) is 0. The van der Waals surface area contributed by atoms with Gasteiger partial charge in [0.1, 0.15) is 6.04 Å². The van der Waals surface area contributed by atoms with Crippen LogP contribution in [-0.4, -0.2) is 28.8 Å². The highest BCUT2D eigenvalue weighted by Gasteiger charge is 2.30. The zero-order chi connectivity index (χ0) is 22.4.